The summed E-state index contributed by atoms with van der Waals surface area (Å²) in [6.07, 6.45) is 0.764. The highest BCUT2D eigenvalue weighted by atomic mass is 79.9. The molecule has 1 aromatic heterocycles. The summed E-state index contributed by atoms with van der Waals surface area (Å²) in [5, 5.41) is 0. The Morgan fingerprint density at radius 2 is 2.00 bits per heavy atom. The van der Waals surface area contributed by atoms with Gasteiger partial charge in [0.1, 0.15) is 10.3 Å². The van der Waals surface area contributed by atoms with Gasteiger partial charge in [0.25, 0.3) is 0 Å². The molecule has 0 bridgehead atoms. The number of hydrogen-bond donors (Lipinski definition) is 0. The third-order valence-electron chi connectivity index (χ3n) is 1.80. The number of pyridine rings is 1. The maximum absolute atomic E-state index is 10.6. The number of hydrogen-bond acceptors (Lipinski definition) is 2. The third-order valence-corrected chi connectivity index (χ3v) is 2.21. The van der Waals surface area contributed by atoms with Gasteiger partial charge in [-0.15, -0.1) is 0 Å². The molecule has 70 valence electrons. The molecule has 0 aromatic carbocycles. The van der Waals surface area contributed by atoms with Crippen molar-refractivity contribution in [3.8, 4) is 0 Å². The first kappa shape index (κ1) is 10.4. The first-order valence-electron chi connectivity index (χ1n) is 4.07. The average Bonchev–Trinajstić information content (AvgIpc) is 2.01. The van der Waals surface area contributed by atoms with Crippen LogP contribution in [-0.2, 0) is 5.41 Å². The van der Waals surface area contributed by atoms with Crippen molar-refractivity contribution < 1.29 is 4.79 Å². The molecule has 0 aliphatic rings. The lowest BCUT2D eigenvalue weighted by Crippen LogP contribution is -2.12. The predicted molar refractivity (Wildman–Crippen MR) is 56.0 cm³/mol. The molecule has 1 rings (SSSR count). The SMILES string of the molecule is CC(C)(C)c1cc(Br)nc(C=O)c1. The molecule has 13 heavy (non-hydrogen) atoms. The van der Waals surface area contributed by atoms with E-state index in [4.69, 9.17) is 0 Å². The van der Waals surface area contributed by atoms with Crippen LogP contribution in [0.15, 0.2) is 16.7 Å². The Balaban J connectivity index is 3.24. The van der Waals surface area contributed by atoms with Crippen LogP contribution in [0.3, 0.4) is 0 Å². The van der Waals surface area contributed by atoms with Crippen LogP contribution in [0.5, 0.6) is 0 Å². The fraction of sp³-hybridized carbons (Fsp3) is 0.400. The lowest BCUT2D eigenvalue weighted by Gasteiger charge is -2.19. The van der Waals surface area contributed by atoms with E-state index in [9.17, 15) is 4.79 Å². The Hall–Kier alpha value is -0.700. The normalized spacial score (nSPS) is 11.4. The van der Waals surface area contributed by atoms with E-state index in [0.717, 1.165) is 11.8 Å². The van der Waals surface area contributed by atoms with Crippen molar-refractivity contribution in [1.82, 2.24) is 4.98 Å². The Morgan fingerprint density at radius 1 is 1.38 bits per heavy atom. The van der Waals surface area contributed by atoms with Gasteiger partial charge in [-0.2, -0.15) is 0 Å². The second-order valence-electron chi connectivity index (χ2n) is 3.97. The minimum absolute atomic E-state index is 0.0449. The maximum atomic E-state index is 10.6. The number of carbonyl (C=O) groups excluding carboxylic acids is 1. The highest BCUT2D eigenvalue weighted by molar-refractivity contribution is 9.10. The van der Waals surface area contributed by atoms with Crippen LogP contribution in [0, 0.1) is 0 Å². The second-order valence-corrected chi connectivity index (χ2v) is 4.78. The summed E-state index contributed by atoms with van der Waals surface area (Å²) in [6, 6.07) is 3.75. The second kappa shape index (κ2) is 3.58. The monoisotopic (exact) mass is 241 g/mol. The Labute approximate surface area is 86.5 Å². The smallest absolute Gasteiger partial charge is 0.168 e. The Morgan fingerprint density at radius 3 is 2.46 bits per heavy atom. The summed E-state index contributed by atoms with van der Waals surface area (Å²) in [4.78, 5) is 14.6. The zero-order valence-electron chi connectivity index (χ0n) is 7.97. The maximum Gasteiger partial charge on any atom is 0.168 e. The van der Waals surface area contributed by atoms with Gasteiger partial charge < -0.3 is 0 Å². The van der Waals surface area contributed by atoms with Gasteiger partial charge >= 0.3 is 0 Å². The molecule has 0 saturated carbocycles. The zero-order valence-corrected chi connectivity index (χ0v) is 9.55. The Bertz CT molecular complexity index is 328. The van der Waals surface area contributed by atoms with Gasteiger partial charge in [-0.25, -0.2) is 4.98 Å². The number of nitrogens with zero attached hydrogens (tertiary/aromatic N) is 1. The lowest BCUT2D eigenvalue weighted by molar-refractivity contribution is 0.111. The molecule has 3 heteroatoms. The average molecular weight is 242 g/mol. The summed E-state index contributed by atoms with van der Waals surface area (Å²) in [5.41, 5.74) is 1.62. The minimum atomic E-state index is 0.0449. The number of aldehydes is 1. The van der Waals surface area contributed by atoms with Crippen LogP contribution in [0.25, 0.3) is 0 Å². The van der Waals surface area contributed by atoms with Gasteiger partial charge in [-0.1, -0.05) is 20.8 Å². The van der Waals surface area contributed by atoms with Crippen LogP contribution < -0.4 is 0 Å². The molecule has 0 saturated heterocycles. The molecule has 0 amide bonds. The summed E-state index contributed by atoms with van der Waals surface area (Å²) in [5.74, 6) is 0. The lowest BCUT2D eigenvalue weighted by atomic mass is 9.87. The molecule has 0 aliphatic carbocycles. The molecule has 0 atom stereocenters. The van der Waals surface area contributed by atoms with Gasteiger partial charge in [0.2, 0.25) is 0 Å². The van der Waals surface area contributed by atoms with Gasteiger partial charge in [-0.05, 0) is 39.0 Å². The standard InChI is InChI=1S/C10H12BrNO/c1-10(2,3)7-4-8(6-13)12-9(11)5-7/h4-6H,1-3H3. The molecule has 0 unspecified atom stereocenters. The highest BCUT2D eigenvalue weighted by Gasteiger charge is 2.15. The van der Waals surface area contributed by atoms with Crippen molar-refractivity contribution in [1.29, 1.82) is 0 Å². The van der Waals surface area contributed by atoms with Crippen molar-refractivity contribution in [3.63, 3.8) is 0 Å². The fourth-order valence-corrected chi connectivity index (χ4v) is 1.46. The molecular weight excluding hydrogens is 230 g/mol. The summed E-state index contributed by atoms with van der Waals surface area (Å²) in [7, 11) is 0. The van der Waals surface area contributed by atoms with Crippen molar-refractivity contribution in [2.24, 2.45) is 0 Å². The van der Waals surface area contributed by atoms with Crippen molar-refractivity contribution in [2.75, 3.05) is 0 Å². The van der Waals surface area contributed by atoms with E-state index in [1.807, 2.05) is 12.1 Å². The van der Waals surface area contributed by atoms with E-state index in [1.54, 1.807) is 0 Å². The van der Waals surface area contributed by atoms with Gasteiger partial charge in [0.05, 0.1) is 0 Å². The van der Waals surface area contributed by atoms with Gasteiger partial charge in [-0.3, -0.25) is 4.79 Å². The quantitative estimate of drug-likeness (QED) is 0.559. The molecular formula is C10H12BrNO. The predicted octanol–water partition coefficient (Wildman–Crippen LogP) is 2.95. The van der Waals surface area contributed by atoms with E-state index in [1.165, 1.54) is 0 Å². The first-order chi connectivity index (χ1) is 5.93. The van der Waals surface area contributed by atoms with Crippen LogP contribution in [0.2, 0.25) is 0 Å². The molecule has 0 N–H and O–H groups in total. The number of halogens is 1. The molecule has 0 fully saturated rings. The van der Waals surface area contributed by atoms with Crippen LogP contribution >= 0.6 is 15.9 Å². The summed E-state index contributed by atoms with van der Waals surface area (Å²) >= 11 is 3.28. The van der Waals surface area contributed by atoms with Crippen LogP contribution in [0.1, 0.15) is 36.8 Å². The number of carbonyl (C=O) groups is 1. The molecule has 0 spiro atoms. The summed E-state index contributed by atoms with van der Waals surface area (Å²) < 4.78 is 0.710. The molecule has 1 heterocycles. The molecule has 2 nitrogen and oxygen atoms in total. The van der Waals surface area contributed by atoms with Crippen molar-refractivity contribution >= 4 is 22.2 Å². The van der Waals surface area contributed by atoms with Crippen LogP contribution in [0.4, 0.5) is 0 Å². The van der Waals surface area contributed by atoms with Crippen LogP contribution in [-0.4, -0.2) is 11.3 Å². The number of rotatable bonds is 1. The third kappa shape index (κ3) is 2.62. The molecule has 0 aliphatic heterocycles. The highest BCUT2D eigenvalue weighted by Crippen LogP contribution is 2.24. The Kier molecular flexibility index (Phi) is 2.86. The largest absolute Gasteiger partial charge is 0.296 e. The fourth-order valence-electron chi connectivity index (χ4n) is 1.01. The van der Waals surface area contributed by atoms with Gasteiger partial charge in [0.15, 0.2) is 6.29 Å². The van der Waals surface area contributed by atoms with E-state index in [2.05, 4.69) is 41.7 Å². The number of aromatic nitrogens is 1. The minimum Gasteiger partial charge on any atom is -0.296 e. The zero-order chi connectivity index (χ0) is 10.1. The van der Waals surface area contributed by atoms with Gasteiger partial charge in [0, 0.05) is 0 Å². The van der Waals surface area contributed by atoms with E-state index < -0.39 is 0 Å². The molecule has 1 aromatic rings. The van der Waals surface area contributed by atoms with Crippen molar-refractivity contribution in [2.45, 2.75) is 26.2 Å². The summed E-state index contributed by atoms with van der Waals surface area (Å²) in [6.45, 7) is 6.30. The van der Waals surface area contributed by atoms with Crippen molar-refractivity contribution in [3.05, 3.63) is 28.0 Å². The van der Waals surface area contributed by atoms with E-state index in [0.29, 0.717) is 10.3 Å². The van der Waals surface area contributed by atoms with E-state index in [-0.39, 0.29) is 5.41 Å². The first-order valence-corrected chi connectivity index (χ1v) is 4.86. The molecule has 0 radical (unpaired) electrons. The topological polar surface area (TPSA) is 30.0 Å². The van der Waals surface area contributed by atoms with E-state index >= 15 is 0 Å².